The number of hydrogen-bond donors (Lipinski definition) is 1. The molecule has 0 aromatic heterocycles. The third-order valence-electron chi connectivity index (χ3n) is 3.82. The fourth-order valence-electron chi connectivity index (χ4n) is 2.71. The molecule has 1 aliphatic carbocycles. The van der Waals surface area contributed by atoms with Crippen LogP contribution in [0.2, 0.25) is 5.02 Å². The summed E-state index contributed by atoms with van der Waals surface area (Å²) in [6, 6.07) is 11.8. The molecule has 0 radical (unpaired) electrons. The Kier molecular flexibility index (Phi) is 3.89. The summed E-state index contributed by atoms with van der Waals surface area (Å²) < 4.78 is 5.79. The Balaban J connectivity index is 1.90. The molecule has 2 aromatic carbocycles. The SMILES string of the molecule is CN(C)CCOc1ccc2c(c1)C(N)c1cccc(Cl)c1-2. The van der Waals surface area contributed by atoms with Gasteiger partial charge in [-0.2, -0.15) is 0 Å². The molecule has 110 valence electrons. The van der Waals surface area contributed by atoms with Crippen LogP contribution in [-0.2, 0) is 0 Å². The van der Waals surface area contributed by atoms with E-state index in [0.717, 1.165) is 39.6 Å². The number of likely N-dealkylation sites (N-methyl/N-ethyl adjacent to an activating group) is 1. The van der Waals surface area contributed by atoms with Crippen LogP contribution in [0.25, 0.3) is 11.1 Å². The number of rotatable bonds is 4. The zero-order valence-electron chi connectivity index (χ0n) is 12.3. The Hall–Kier alpha value is -1.55. The molecule has 1 atom stereocenters. The number of hydrogen-bond acceptors (Lipinski definition) is 3. The van der Waals surface area contributed by atoms with E-state index in [2.05, 4.69) is 11.0 Å². The van der Waals surface area contributed by atoms with E-state index in [4.69, 9.17) is 22.1 Å². The zero-order valence-corrected chi connectivity index (χ0v) is 13.0. The van der Waals surface area contributed by atoms with Crippen LogP contribution in [0.1, 0.15) is 17.2 Å². The standard InChI is InChI=1S/C17H19ClN2O/c1-20(2)8-9-21-11-6-7-12-14(10-11)17(19)13-4-3-5-15(18)16(12)13/h3-7,10,17H,8-9,19H2,1-2H3. The maximum atomic E-state index is 6.35. The van der Waals surface area contributed by atoms with Gasteiger partial charge in [0, 0.05) is 17.1 Å². The summed E-state index contributed by atoms with van der Waals surface area (Å²) >= 11 is 6.33. The van der Waals surface area contributed by atoms with Crippen molar-refractivity contribution in [3.8, 4) is 16.9 Å². The molecule has 2 aromatic rings. The maximum absolute atomic E-state index is 6.35. The molecule has 0 aliphatic heterocycles. The second-order valence-electron chi connectivity index (χ2n) is 5.58. The van der Waals surface area contributed by atoms with Gasteiger partial charge in [0.25, 0.3) is 0 Å². The van der Waals surface area contributed by atoms with Crippen LogP contribution in [0.15, 0.2) is 36.4 Å². The zero-order chi connectivity index (χ0) is 15.0. The lowest BCUT2D eigenvalue weighted by molar-refractivity contribution is 0.261. The molecule has 0 saturated carbocycles. The number of nitrogens with zero attached hydrogens (tertiary/aromatic N) is 1. The predicted octanol–water partition coefficient (Wildman–Crippen LogP) is 3.31. The molecule has 21 heavy (non-hydrogen) atoms. The van der Waals surface area contributed by atoms with Gasteiger partial charge in [-0.15, -0.1) is 0 Å². The van der Waals surface area contributed by atoms with Gasteiger partial charge in [-0.05, 0) is 49.0 Å². The van der Waals surface area contributed by atoms with E-state index in [0.29, 0.717) is 6.61 Å². The van der Waals surface area contributed by atoms with Gasteiger partial charge in [0.15, 0.2) is 0 Å². The molecule has 3 rings (SSSR count). The third-order valence-corrected chi connectivity index (χ3v) is 4.13. The molecular formula is C17H19ClN2O. The minimum absolute atomic E-state index is 0.133. The maximum Gasteiger partial charge on any atom is 0.119 e. The van der Waals surface area contributed by atoms with Gasteiger partial charge in [0.1, 0.15) is 12.4 Å². The predicted molar refractivity (Wildman–Crippen MR) is 87.0 cm³/mol. The van der Waals surface area contributed by atoms with Crippen molar-refractivity contribution >= 4 is 11.6 Å². The minimum atomic E-state index is -0.133. The van der Waals surface area contributed by atoms with Gasteiger partial charge >= 0.3 is 0 Å². The van der Waals surface area contributed by atoms with Crippen molar-refractivity contribution in [1.29, 1.82) is 0 Å². The summed E-state index contributed by atoms with van der Waals surface area (Å²) in [5, 5.41) is 0.753. The van der Waals surface area contributed by atoms with Crippen molar-refractivity contribution in [1.82, 2.24) is 4.90 Å². The molecule has 0 fully saturated rings. The van der Waals surface area contributed by atoms with Crippen LogP contribution in [0, 0.1) is 0 Å². The van der Waals surface area contributed by atoms with Gasteiger partial charge in [0.05, 0.1) is 6.04 Å². The monoisotopic (exact) mass is 302 g/mol. The number of ether oxygens (including phenoxy) is 1. The van der Waals surface area contributed by atoms with Crippen LogP contribution in [0.4, 0.5) is 0 Å². The summed E-state index contributed by atoms with van der Waals surface area (Å²) in [5.41, 5.74) is 10.7. The quantitative estimate of drug-likeness (QED) is 0.941. The minimum Gasteiger partial charge on any atom is -0.492 e. The summed E-state index contributed by atoms with van der Waals surface area (Å²) in [6.07, 6.45) is 0. The molecule has 0 amide bonds. The molecule has 2 N–H and O–H groups in total. The summed E-state index contributed by atoms with van der Waals surface area (Å²) in [5.74, 6) is 0.856. The second-order valence-corrected chi connectivity index (χ2v) is 5.99. The van der Waals surface area contributed by atoms with Crippen LogP contribution >= 0.6 is 11.6 Å². The van der Waals surface area contributed by atoms with Gasteiger partial charge in [-0.3, -0.25) is 0 Å². The van der Waals surface area contributed by atoms with Gasteiger partial charge in [0.2, 0.25) is 0 Å². The van der Waals surface area contributed by atoms with Crippen molar-refractivity contribution in [2.45, 2.75) is 6.04 Å². The van der Waals surface area contributed by atoms with Crippen LogP contribution in [-0.4, -0.2) is 32.1 Å². The topological polar surface area (TPSA) is 38.5 Å². The number of nitrogens with two attached hydrogens (primary N) is 1. The Morgan fingerprint density at radius 3 is 2.76 bits per heavy atom. The van der Waals surface area contributed by atoms with Gasteiger partial charge in [-0.1, -0.05) is 29.8 Å². The normalized spacial score (nSPS) is 16.0. The van der Waals surface area contributed by atoms with Crippen LogP contribution in [0.3, 0.4) is 0 Å². The summed E-state index contributed by atoms with van der Waals surface area (Å²) in [4.78, 5) is 2.09. The van der Waals surface area contributed by atoms with E-state index in [-0.39, 0.29) is 6.04 Å². The van der Waals surface area contributed by atoms with E-state index in [1.54, 1.807) is 0 Å². The van der Waals surface area contributed by atoms with Crippen molar-refractivity contribution in [2.75, 3.05) is 27.2 Å². The molecule has 3 nitrogen and oxygen atoms in total. The first kappa shape index (κ1) is 14.4. The second kappa shape index (κ2) is 5.68. The molecule has 1 aliphatic rings. The molecular weight excluding hydrogens is 284 g/mol. The molecule has 1 unspecified atom stereocenters. The molecule has 0 heterocycles. The number of halogens is 1. The average molecular weight is 303 g/mol. The van der Waals surface area contributed by atoms with E-state index < -0.39 is 0 Å². The Morgan fingerprint density at radius 2 is 2.00 bits per heavy atom. The lowest BCUT2D eigenvalue weighted by Gasteiger charge is -2.13. The highest BCUT2D eigenvalue weighted by atomic mass is 35.5. The van der Waals surface area contributed by atoms with E-state index in [1.165, 1.54) is 0 Å². The first-order valence-corrected chi connectivity index (χ1v) is 7.41. The highest BCUT2D eigenvalue weighted by Crippen LogP contribution is 2.46. The number of fused-ring (bicyclic) bond motifs is 3. The van der Waals surface area contributed by atoms with E-state index in [9.17, 15) is 0 Å². The highest BCUT2D eigenvalue weighted by molar-refractivity contribution is 6.33. The molecule has 0 spiro atoms. The number of benzene rings is 2. The Morgan fingerprint density at radius 1 is 1.19 bits per heavy atom. The molecule has 0 bridgehead atoms. The Labute approximate surface area is 130 Å². The molecule has 4 heteroatoms. The fourth-order valence-corrected chi connectivity index (χ4v) is 3.00. The van der Waals surface area contributed by atoms with E-state index in [1.807, 2.05) is 44.4 Å². The lowest BCUT2D eigenvalue weighted by Crippen LogP contribution is -2.19. The summed E-state index contributed by atoms with van der Waals surface area (Å²) in [6.45, 7) is 1.55. The van der Waals surface area contributed by atoms with Gasteiger partial charge in [-0.25, -0.2) is 0 Å². The first-order chi connectivity index (χ1) is 10.1. The molecule has 0 saturated heterocycles. The van der Waals surface area contributed by atoms with Crippen LogP contribution in [0.5, 0.6) is 5.75 Å². The van der Waals surface area contributed by atoms with Crippen molar-refractivity contribution in [2.24, 2.45) is 5.73 Å². The van der Waals surface area contributed by atoms with Crippen LogP contribution < -0.4 is 10.5 Å². The van der Waals surface area contributed by atoms with Gasteiger partial charge < -0.3 is 15.4 Å². The lowest BCUT2D eigenvalue weighted by atomic mass is 10.1. The fraction of sp³-hybridized carbons (Fsp3) is 0.294. The average Bonchev–Trinajstić information content (AvgIpc) is 2.73. The first-order valence-electron chi connectivity index (χ1n) is 7.04. The van der Waals surface area contributed by atoms with Crippen molar-refractivity contribution in [3.05, 3.63) is 52.5 Å². The van der Waals surface area contributed by atoms with E-state index >= 15 is 0 Å². The highest BCUT2D eigenvalue weighted by Gasteiger charge is 2.27. The van der Waals surface area contributed by atoms with Crippen molar-refractivity contribution in [3.63, 3.8) is 0 Å². The summed E-state index contributed by atoms with van der Waals surface area (Å²) in [7, 11) is 4.06. The largest absolute Gasteiger partial charge is 0.492 e. The Bertz CT molecular complexity index is 670. The van der Waals surface area contributed by atoms with Crippen molar-refractivity contribution < 1.29 is 4.74 Å². The smallest absolute Gasteiger partial charge is 0.119 e. The third kappa shape index (κ3) is 2.64.